The lowest BCUT2D eigenvalue weighted by Crippen LogP contribution is -2.25. The number of benzene rings is 1. The third kappa shape index (κ3) is 3.55. The van der Waals surface area contributed by atoms with Crippen LogP contribution in [0.25, 0.3) is 0 Å². The fourth-order valence-electron chi connectivity index (χ4n) is 1.27. The zero-order valence-corrected chi connectivity index (χ0v) is 8.11. The van der Waals surface area contributed by atoms with Gasteiger partial charge in [-0.2, -0.15) is 0 Å². The highest BCUT2D eigenvalue weighted by Crippen LogP contribution is 2.16. The molecule has 1 aromatic carbocycles. The van der Waals surface area contributed by atoms with E-state index >= 15 is 0 Å². The SMILES string of the molecule is NC(CCNC(=O)O)c1ccccc1F. The minimum absolute atomic E-state index is 0.213. The fraction of sp³-hybridized carbons (Fsp3) is 0.300. The Bertz CT molecular complexity index is 344. The quantitative estimate of drug-likeness (QED) is 0.707. The highest BCUT2D eigenvalue weighted by atomic mass is 19.1. The summed E-state index contributed by atoms with van der Waals surface area (Å²) in [6.45, 7) is 0.213. The normalized spacial score (nSPS) is 12.1. The molecule has 0 aliphatic carbocycles. The Morgan fingerprint density at radius 3 is 2.80 bits per heavy atom. The Labute approximate surface area is 86.9 Å². The maximum atomic E-state index is 13.2. The molecule has 1 aromatic rings. The van der Waals surface area contributed by atoms with E-state index in [9.17, 15) is 9.18 Å². The van der Waals surface area contributed by atoms with Crippen molar-refractivity contribution in [2.45, 2.75) is 12.5 Å². The number of hydrogen-bond acceptors (Lipinski definition) is 2. The molecule has 1 atom stereocenters. The summed E-state index contributed by atoms with van der Waals surface area (Å²) >= 11 is 0. The summed E-state index contributed by atoms with van der Waals surface area (Å²) in [5.74, 6) is -0.361. The van der Waals surface area contributed by atoms with Crippen molar-refractivity contribution in [3.8, 4) is 0 Å². The largest absolute Gasteiger partial charge is 0.465 e. The van der Waals surface area contributed by atoms with Gasteiger partial charge in [-0.05, 0) is 12.5 Å². The van der Waals surface area contributed by atoms with Crippen molar-refractivity contribution in [3.05, 3.63) is 35.6 Å². The zero-order valence-electron chi connectivity index (χ0n) is 8.11. The van der Waals surface area contributed by atoms with E-state index < -0.39 is 12.1 Å². The van der Waals surface area contributed by atoms with Crippen molar-refractivity contribution in [2.75, 3.05) is 6.54 Å². The molecule has 0 heterocycles. The number of halogens is 1. The Hall–Kier alpha value is -1.62. The molecule has 0 aromatic heterocycles. The van der Waals surface area contributed by atoms with E-state index in [-0.39, 0.29) is 12.4 Å². The average molecular weight is 212 g/mol. The van der Waals surface area contributed by atoms with Gasteiger partial charge in [-0.1, -0.05) is 18.2 Å². The van der Waals surface area contributed by atoms with E-state index in [1.807, 2.05) is 0 Å². The third-order valence-electron chi connectivity index (χ3n) is 2.04. The Morgan fingerprint density at radius 1 is 1.53 bits per heavy atom. The number of nitrogens with one attached hydrogen (secondary N) is 1. The van der Waals surface area contributed by atoms with Crippen LogP contribution in [0.2, 0.25) is 0 Å². The summed E-state index contributed by atoms with van der Waals surface area (Å²) < 4.78 is 13.2. The minimum Gasteiger partial charge on any atom is -0.465 e. The second-order valence-corrected chi connectivity index (χ2v) is 3.15. The van der Waals surface area contributed by atoms with Gasteiger partial charge in [0.05, 0.1) is 0 Å². The van der Waals surface area contributed by atoms with Gasteiger partial charge in [-0.25, -0.2) is 9.18 Å². The summed E-state index contributed by atoms with van der Waals surface area (Å²) in [5, 5.41) is 10.5. The lowest BCUT2D eigenvalue weighted by molar-refractivity contribution is 0.194. The van der Waals surface area contributed by atoms with E-state index in [4.69, 9.17) is 10.8 Å². The van der Waals surface area contributed by atoms with Crippen LogP contribution in [0, 0.1) is 5.82 Å². The number of carboxylic acid groups (broad SMARTS) is 1. The molecule has 0 saturated carbocycles. The third-order valence-corrected chi connectivity index (χ3v) is 2.04. The minimum atomic E-state index is -1.10. The van der Waals surface area contributed by atoms with Crippen LogP contribution in [0.1, 0.15) is 18.0 Å². The Kier molecular flexibility index (Phi) is 4.05. The summed E-state index contributed by atoms with van der Waals surface area (Å²) in [6, 6.07) is 5.72. The van der Waals surface area contributed by atoms with E-state index in [0.717, 1.165) is 0 Å². The van der Waals surface area contributed by atoms with Gasteiger partial charge in [0.2, 0.25) is 0 Å². The van der Waals surface area contributed by atoms with Crippen LogP contribution < -0.4 is 11.1 Å². The molecule has 0 aliphatic heterocycles. The van der Waals surface area contributed by atoms with Gasteiger partial charge in [0, 0.05) is 18.2 Å². The van der Waals surface area contributed by atoms with Crippen LogP contribution in [0.15, 0.2) is 24.3 Å². The number of rotatable bonds is 4. The van der Waals surface area contributed by atoms with Crippen molar-refractivity contribution < 1.29 is 14.3 Å². The van der Waals surface area contributed by atoms with Crippen LogP contribution in [0.5, 0.6) is 0 Å². The molecule has 1 amide bonds. The molecule has 1 unspecified atom stereocenters. The second-order valence-electron chi connectivity index (χ2n) is 3.15. The second kappa shape index (κ2) is 5.31. The first-order valence-electron chi connectivity index (χ1n) is 4.58. The Balaban J connectivity index is 2.50. The maximum absolute atomic E-state index is 13.2. The van der Waals surface area contributed by atoms with Crippen LogP contribution in [-0.2, 0) is 0 Å². The molecule has 0 saturated heterocycles. The molecule has 0 radical (unpaired) electrons. The molecule has 5 heteroatoms. The van der Waals surface area contributed by atoms with Gasteiger partial charge in [0.15, 0.2) is 0 Å². The average Bonchev–Trinajstić information content (AvgIpc) is 2.17. The lowest BCUT2D eigenvalue weighted by Gasteiger charge is -2.12. The van der Waals surface area contributed by atoms with E-state index in [1.165, 1.54) is 6.07 Å². The van der Waals surface area contributed by atoms with Crippen LogP contribution in [0.3, 0.4) is 0 Å². The first-order valence-corrected chi connectivity index (χ1v) is 4.58. The first kappa shape index (κ1) is 11.5. The molecular weight excluding hydrogens is 199 g/mol. The molecule has 82 valence electrons. The van der Waals surface area contributed by atoms with Crippen molar-refractivity contribution in [3.63, 3.8) is 0 Å². The Morgan fingerprint density at radius 2 is 2.20 bits per heavy atom. The topological polar surface area (TPSA) is 75.3 Å². The number of nitrogens with two attached hydrogens (primary N) is 1. The summed E-state index contributed by atoms with van der Waals surface area (Å²) in [4.78, 5) is 10.2. The van der Waals surface area contributed by atoms with Gasteiger partial charge in [-0.15, -0.1) is 0 Å². The number of hydrogen-bond donors (Lipinski definition) is 3. The smallest absolute Gasteiger partial charge is 0.404 e. The van der Waals surface area contributed by atoms with Gasteiger partial charge >= 0.3 is 6.09 Å². The molecule has 0 bridgehead atoms. The van der Waals surface area contributed by atoms with E-state index in [1.54, 1.807) is 18.2 Å². The molecule has 0 aliphatic rings. The summed E-state index contributed by atoms with van der Waals surface area (Å²) in [5.41, 5.74) is 6.12. The summed E-state index contributed by atoms with van der Waals surface area (Å²) in [7, 11) is 0. The van der Waals surface area contributed by atoms with Gasteiger partial charge in [0.25, 0.3) is 0 Å². The van der Waals surface area contributed by atoms with Crippen molar-refractivity contribution >= 4 is 6.09 Å². The predicted octanol–water partition coefficient (Wildman–Crippen LogP) is 1.48. The molecule has 4 N–H and O–H groups in total. The van der Waals surface area contributed by atoms with Crippen LogP contribution in [0.4, 0.5) is 9.18 Å². The highest BCUT2D eigenvalue weighted by molar-refractivity contribution is 5.64. The molecule has 0 spiro atoms. The lowest BCUT2D eigenvalue weighted by atomic mass is 10.0. The fourth-order valence-corrected chi connectivity index (χ4v) is 1.27. The molecular formula is C10H13FN2O2. The van der Waals surface area contributed by atoms with Gasteiger partial charge < -0.3 is 16.2 Å². The highest BCUT2D eigenvalue weighted by Gasteiger charge is 2.10. The molecule has 4 nitrogen and oxygen atoms in total. The standard InChI is InChI=1S/C10H13FN2O2/c11-8-4-2-1-3-7(8)9(12)5-6-13-10(14)15/h1-4,9,13H,5-6,12H2,(H,14,15). The molecule has 1 rings (SSSR count). The first-order chi connectivity index (χ1) is 7.11. The van der Waals surface area contributed by atoms with Crippen molar-refractivity contribution in [2.24, 2.45) is 5.73 Å². The van der Waals surface area contributed by atoms with Crippen LogP contribution >= 0.6 is 0 Å². The van der Waals surface area contributed by atoms with Crippen molar-refractivity contribution in [1.82, 2.24) is 5.32 Å². The molecule has 15 heavy (non-hydrogen) atoms. The van der Waals surface area contributed by atoms with Crippen LogP contribution in [-0.4, -0.2) is 17.7 Å². The number of amides is 1. The molecule has 0 fully saturated rings. The van der Waals surface area contributed by atoms with Gasteiger partial charge in [0.1, 0.15) is 5.82 Å². The predicted molar refractivity (Wildman–Crippen MR) is 54.0 cm³/mol. The monoisotopic (exact) mass is 212 g/mol. The van der Waals surface area contributed by atoms with E-state index in [2.05, 4.69) is 5.32 Å². The van der Waals surface area contributed by atoms with E-state index in [0.29, 0.717) is 12.0 Å². The zero-order chi connectivity index (χ0) is 11.3. The number of carbonyl (C=O) groups is 1. The van der Waals surface area contributed by atoms with Crippen molar-refractivity contribution in [1.29, 1.82) is 0 Å². The maximum Gasteiger partial charge on any atom is 0.404 e. The van der Waals surface area contributed by atoms with Gasteiger partial charge in [-0.3, -0.25) is 0 Å². The summed E-state index contributed by atoms with van der Waals surface area (Å²) in [6.07, 6.45) is -0.733.